The van der Waals surface area contributed by atoms with E-state index in [-0.39, 0.29) is 12.1 Å². The predicted octanol–water partition coefficient (Wildman–Crippen LogP) is 3.87. The smallest absolute Gasteiger partial charge is 0.315 e. The molecule has 0 bridgehead atoms. The number of aromatic nitrogens is 1. The molecule has 0 fully saturated rings. The van der Waals surface area contributed by atoms with E-state index in [9.17, 15) is 4.79 Å². The normalized spacial score (nSPS) is 11.9. The zero-order valence-electron chi connectivity index (χ0n) is 13.6. The number of fused-ring (bicyclic) bond motifs is 1. The van der Waals surface area contributed by atoms with Crippen molar-refractivity contribution >= 4 is 27.6 Å². The van der Waals surface area contributed by atoms with Crippen LogP contribution in [0.4, 0.5) is 4.79 Å². The first-order valence-corrected chi connectivity index (χ1v) is 8.50. The molecule has 2 N–H and O–H groups in total. The van der Waals surface area contributed by atoms with Gasteiger partial charge < -0.3 is 15.4 Å². The molecule has 0 unspecified atom stereocenters. The maximum atomic E-state index is 12.1. The van der Waals surface area contributed by atoms with Gasteiger partial charge >= 0.3 is 6.03 Å². The van der Waals surface area contributed by atoms with Crippen molar-refractivity contribution in [3.63, 3.8) is 0 Å². The predicted molar refractivity (Wildman–Crippen MR) is 96.4 cm³/mol. The molecule has 0 spiro atoms. The van der Waals surface area contributed by atoms with Gasteiger partial charge in [0.2, 0.25) is 0 Å². The molecular weight excluding hydrogens is 322 g/mol. The Balaban J connectivity index is 1.59. The van der Waals surface area contributed by atoms with Crippen molar-refractivity contribution in [2.75, 3.05) is 7.11 Å². The van der Waals surface area contributed by atoms with Gasteiger partial charge in [0.1, 0.15) is 10.8 Å². The minimum absolute atomic E-state index is 0.156. The zero-order chi connectivity index (χ0) is 16.9. The molecule has 24 heavy (non-hydrogen) atoms. The van der Waals surface area contributed by atoms with E-state index in [1.54, 1.807) is 18.4 Å². The lowest BCUT2D eigenvalue weighted by molar-refractivity contribution is 0.237. The van der Waals surface area contributed by atoms with Crippen molar-refractivity contribution in [2.45, 2.75) is 19.5 Å². The van der Waals surface area contributed by atoms with Crippen LogP contribution in [0.5, 0.6) is 5.75 Å². The first-order valence-electron chi connectivity index (χ1n) is 7.69. The van der Waals surface area contributed by atoms with Gasteiger partial charge in [-0.25, -0.2) is 9.78 Å². The quantitative estimate of drug-likeness (QED) is 0.740. The monoisotopic (exact) mass is 341 g/mol. The number of methoxy groups -OCH3 is 1. The van der Waals surface area contributed by atoms with E-state index in [1.807, 2.05) is 55.5 Å². The second kappa shape index (κ2) is 7.31. The molecule has 3 rings (SSSR count). The van der Waals surface area contributed by atoms with E-state index in [0.29, 0.717) is 6.54 Å². The standard InChI is InChI=1S/C18H19N3O2S/c1-12(13-7-3-5-9-15(13)23-2)20-18(22)19-11-17-21-14-8-4-6-10-16(14)24-17/h3-10,12H,11H2,1-2H3,(H2,19,20,22)/t12-/m1/s1. The van der Waals surface area contributed by atoms with Crippen LogP contribution in [-0.2, 0) is 6.54 Å². The number of carbonyl (C=O) groups excluding carboxylic acids is 1. The van der Waals surface area contributed by atoms with Gasteiger partial charge in [0.25, 0.3) is 0 Å². The van der Waals surface area contributed by atoms with Crippen LogP contribution in [0.1, 0.15) is 23.5 Å². The van der Waals surface area contributed by atoms with Gasteiger partial charge in [0.15, 0.2) is 0 Å². The number of nitrogens with zero attached hydrogens (tertiary/aromatic N) is 1. The number of hydrogen-bond donors (Lipinski definition) is 2. The van der Waals surface area contributed by atoms with Crippen molar-refractivity contribution in [1.29, 1.82) is 0 Å². The Labute approximate surface area is 144 Å². The minimum atomic E-state index is -0.229. The van der Waals surface area contributed by atoms with E-state index >= 15 is 0 Å². The molecule has 0 saturated carbocycles. The van der Waals surface area contributed by atoms with Crippen LogP contribution in [0.25, 0.3) is 10.2 Å². The third kappa shape index (κ3) is 3.65. The maximum Gasteiger partial charge on any atom is 0.315 e. The van der Waals surface area contributed by atoms with Crippen molar-refractivity contribution < 1.29 is 9.53 Å². The van der Waals surface area contributed by atoms with E-state index < -0.39 is 0 Å². The summed E-state index contributed by atoms with van der Waals surface area (Å²) in [4.78, 5) is 16.6. The van der Waals surface area contributed by atoms with Gasteiger partial charge in [0.05, 0.1) is 29.9 Å². The Morgan fingerprint density at radius 2 is 1.96 bits per heavy atom. The summed E-state index contributed by atoms with van der Waals surface area (Å²) in [5.41, 5.74) is 1.90. The Bertz CT molecular complexity index is 814. The molecule has 0 aliphatic rings. The van der Waals surface area contributed by atoms with Crippen molar-refractivity contribution in [3.05, 3.63) is 59.1 Å². The average molecular weight is 341 g/mol. The number of para-hydroxylation sites is 2. The third-order valence-corrected chi connectivity index (χ3v) is 4.73. The fourth-order valence-corrected chi connectivity index (χ4v) is 3.41. The molecule has 1 heterocycles. The molecule has 6 heteroatoms. The highest BCUT2D eigenvalue weighted by Crippen LogP contribution is 2.24. The first kappa shape index (κ1) is 16.3. The number of benzene rings is 2. The van der Waals surface area contributed by atoms with Crippen LogP contribution < -0.4 is 15.4 Å². The summed E-state index contributed by atoms with van der Waals surface area (Å²) in [5, 5.41) is 6.66. The summed E-state index contributed by atoms with van der Waals surface area (Å²) in [7, 11) is 1.62. The lowest BCUT2D eigenvalue weighted by Crippen LogP contribution is -2.36. The summed E-state index contributed by atoms with van der Waals surface area (Å²) >= 11 is 1.59. The molecule has 1 atom stereocenters. The Morgan fingerprint density at radius 1 is 1.21 bits per heavy atom. The molecule has 0 aliphatic heterocycles. The number of ether oxygens (including phenoxy) is 1. The number of urea groups is 1. The molecular formula is C18H19N3O2S. The molecule has 0 aliphatic carbocycles. The van der Waals surface area contributed by atoms with Gasteiger partial charge in [0, 0.05) is 5.56 Å². The fourth-order valence-electron chi connectivity index (χ4n) is 2.50. The SMILES string of the molecule is COc1ccccc1[C@@H](C)NC(=O)NCc1nc2ccccc2s1. The number of thiazole rings is 1. The molecule has 2 aromatic carbocycles. The van der Waals surface area contributed by atoms with Crippen LogP contribution in [0, 0.1) is 0 Å². The number of nitrogens with one attached hydrogen (secondary N) is 2. The van der Waals surface area contributed by atoms with E-state index in [1.165, 1.54) is 0 Å². The molecule has 5 nitrogen and oxygen atoms in total. The van der Waals surface area contributed by atoms with Crippen molar-refractivity contribution in [3.8, 4) is 5.75 Å². The van der Waals surface area contributed by atoms with Crippen LogP contribution in [0.3, 0.4) is 0 Å². The lowest BCUT2D eigenvalue weighted by atomic mass is 10.1. The molecule has 0 saturated heterocycles. The maximum absolute atomic E-state index is 12.1. The highest BCUT2D eigenvalue weighted by atomic mass is 32.1. The molecule has 2 amide bonds. The zero-order valence-corrected chi connectivity index (χ0v) is 14.4. The molecule has 1 aromatic heterocycles. The summed E-state index contributed by atoms with van der Waals surface area (Å²) in [6, 6.07) is 15.2. The second-order valence-electron chi connectivity index (χ2n) is 5.37. The highest BCUT2D eigenvalue weighted by molar-refractivity contribution is 7.18. The third-order valence-electron chi connectivity index (χ3n) is 3.69. The number of hydrogen-bond acceptors (Lipinski definition) is 4. The Kier molecular flexibility index (Phi) is 4.96. The van der Waals surface area contributed by atoms with Gasteiger partial charge in [-0.05, 0) is 25.1 Å². The molecule has 124 valence electrons. The first-order chi connectivity index (χ1) is 11.7. The highest BCUT2D eigenvalue weighted by Gasteiger charge is 2.13. The molecule has 0 radical (unpaired) electrons. The summed E-state index contributed by atoms with van der Waals surface area (Å²) in [5.74, 6) is 0.761. The summed E-state index contributed by atoms with van der Waals surface area (Å²) in [6.07, 6.45) is 0. The van der Waals surface area contributed by atoms with E-state index in [4.69, 9.17) is 4.74 Å². The number of carbonyl (C=O) groups is 1. The molecule has 3 aromatic rings. The van der Waals surface area contributed by atoms with Crippen molar-refractivity contribution in [2.24, 2.45) is 0 Å². The van der Waals surface area contributed by atoms with Gasteiger partial charge in [-0.3, -0.25) is 0 Å². The summed E-state index contributed by atoms with van der Waals surface area (Å²) < 4.78 is 6.45. The van der Waals surface area contributed by atoms with Gasteiger partial charge in [-0.1, -0.05) is 30.3 Å². The largest absolute Gasteiger partial charge is 0.496 e. The van der Waals surface area contributed by atoms with Crippen molar-refractivity contribution in [1.82, 2.24) is 15.6 Å². The van der Waals surface area contributed by atoms with Gasteiger partial charge in [-0.15, -0.1) is 11.3 Å². The van der Waals surface area contributed by atoms with Crippen LogP contribution >= 0.6 is 11.3 Å². The van der Waals surface area contributed by atoms with Crippen LogP contribution in [0.15, 0.2) is 48.5 Å². The van der Waals surface area contributed by atoms with Crippen LogP contribution in [-0.4, -0.2) is 18.1 Å². The Morgan fingerprint density at radius 3 is 2.75 bits per heavy atom. The average Bonchev–Trinajstić information content (AvgIpc) is 3.03. The topological polar surface area (TPSA) is 63.2 Å². The lowest BCUT2D eigenvalue weighted by Gasteiger charge is -2.17. The Hall–Kier alpha value is -2.60. The van der Waals surface area contributed by atoms with E-state index in [0.717, 1.165) is 26.5 Å². The number of rotatable bonds is 5. The fraction of sp³-hybridized carbons (Fsp3) is 0.222. The minimum Gasteiger partial charge on any atom is -0.496 e. The van der Waals surface area contributed by atoms with E-state index in [2.05, 4.69) is 15.6 Å². The number of amides is 2. The summed E-state index contributed by atoms with van der Waals surface area (Å²) in [6.45, 7) is 2.33. The van der Waals surface area contributed by atoms with Gasteiger partial charge in [-0.2, -0.15) is 0 Å². The second-order valence-corrected chi connectivity index (χ2v) is 6.48. The van der Waals surface area contributed by atoms with Crippen LogP contribution in [0.2, 0.25) is 0 Å².